The summed E-state index contributed by atoms with van der Waals surface area (Å²) in [6.07, 6.45) is 6.52. The summed E-state index contributed by atoms with van der Waals surface area (Å²) in [6.45, 7) is 3.54. The number of nitrogens with zero attached hydrogens (tertiary/aromatic N) is 2. The molecule has 1 saturated heterocycles. The van der Waals surface area contributed by atoms with Gasteiger partial charge in [0, 0.05) is 32.2 Å². The molecule has 4 saturated carbocycles. The third-order valence-electron chi connectivity index (χ3n) is 7.70. The highest BCUT2D eigenvalue weighted by Crippen LogP contribution is 2.53. The number of urea groups is 1. The van der Waals surface area contributed by atoms with E-state index in [1.54, 1.807) is 17.0 Å². The van der Waals surface area contributed by atoms with E-state index in [0.717, 1.165) is 17.4 Å². The van der Waals surface area contributed by atoms with Crippen molar-refractivity contribution in [1.29, 1.82) is 0 Å². The van der Waals surface area contributed by atoms with Crippen LogP contribution < -0.4 is 5.32 Å². The first-order valence-corrected chi connectivity index (χ1v) is 12.5. The summed E-state index contributed by atoms with van der Waals surface area (Å²) >= 11 is 0. The second-order valence-electron chi connectivity index (χ2n) is 9.61. The second-order valence-corrected chi connectivity index (χ2v) is 11.5. The van der Waals surface area contributed by atoms with E-state index in [0.29, 0.717) is 49.0 Å². The number of benzene rings is 1. The van der Waals surface area contributed by atoms with Crippen LogP contribution in [0, 0.1) is 30.6 Å². The first-order valence-electron chi connectivity index (χ1n) is 11.0. The standard InChI is InChI=1S/C22H31N3O3S/c1-15-2-4-20(5-3-15)29(27,28)25-8-6-24(7-9-25)22(26)23-21-18-11-16-10-17(13-18)14-19(21)12-16/h2-5,16-19,21H,6-14H2,1H3,(H,23,26). The highest BCUT2D eigenvalue weighted by molar-refractivity contribution is 7.89. The molecule has 0 radical (unpaired) electrons. The summed E-state index contributed by atoms with van der Waals surface area (Å²) in [5.41, 5.74) is 1.04. The van der Waals surface area contributed by atoms with E-state index in [1.165, 1.54) is 36.4 Å². The van der Waals surface area contributed by atoms with Gasteiger partial charge in [-0.25, -0.2) is 13.2 Å². The molecule has 1 heterocycles. The zero-order valence-electron chi connectivity index (χ0n) is 17.1. The van der Waals surface area contributed by atoms with Crippen LogP contribution in [0.1, 0.15) is 37.7 Å². The second kappa shape index (κ2) is 7.27. The first-order chi connectivity index (χ1) is 13.9. The Morgan fingerprint density at radius 3 is 2.00 bits per heavy atom. The van der Waals surface area contributed by atoms with Crippen LogP contribution in [0.3, 0.4) is 0 Å². The van der Waals surface area contributed by atoms with Crippen molar-refractivity contribution in [1.82, 2.24) is 14.5 Å². The maximum absolute atomic E-state index is 12.9. The molecule has 5 aliphatic rings. The largest absolute Gasteiger partial charge is 0.335 e. The van der Waals surface area contributed by atoms with Crippen LogP contribution in [-0.4, -0.2) is 55.9 Å². The predicted octanol–water partition coefficient (Wildman–Crippen LogP) is 2.84. The summed E-state index contributed by atoms with van der Waals surface area (Å²) in [5, 5.41) is 3.34. The van der Waals surface area contributed by atoms with Crippen LogP contribution in [0.15, 0.2) is 29.2 Å². The Balaban J connectivity index is 1.19. The minimum absolute atomic E-state index is 0.00476. The third kappa shape index (κ3) is 3.56. The average molecular weight is 418 g/mol. The lowest BCUT2D eigenvalue weighted by Crippen LogP contribution is -2.60. The molecule has 0 aromatic heterocycles. The number of aryl methyl sites for hydroxylation is 1. The quantitative estimate of drug-likeness (QED) is 0.822. The van der Waals surface area contributed by atoms with E-state index in [1.807, 2.05) is 19.1 Å². The Labute approximate surface area is 173 Å². The SMILES string of the molecule is Cc1ccc(S(=O)(=O)N2CCN(C(=O)NC3C4CC5CC(C4)CC3C5)CC2)cc1. The van der Waals surface area contributed by atoms with Crippen molar-refractivity contribution >= 4 is 16.1 Å². The topological polar surface area (TPSA) is 69.7 Å². The fourth-order valence-electron chi connectivity index (χ4n) is 6.39. The van der Waals surface area contributed by atoms with Crippen LogP contribution in [0.2, 0.25) is 0 Å². The van der Waals surface area contributed by atoms with Crippen molar-refractivity contribution in [2.75, 3.05) is 26.2 Å². The normalized spacial score (nSPS) is 34.4. The van der Waals surface area contributed by atoms with Crippen molar-refractivity contribution in [3.8, 4) is 0 Å². The van der Waals surface area contributed by atoms with Crippen molar-refractivity contribution in [2.45, 2.75) is 50.0 Å². The van der Waals surface area contributed by atoms with Gasteiger partial charge in [0.25, 0.3) is 0 Å². The molecular weight excluding hydrogens is 386 g/mol. The molecule has 158 valence electrons. The Morgan fingerprint density at radius 2 is 1.45 bits per heavy atom. The number of rotatable bonds is 3. The molecule has 0 unspecified atom stereocenters. The summed E-state index contributed by atoms with van der Waals surface area (Å²) < 4.78 is 27.2. The lowest BCUT2D eigenvalue weighted by atomic mass is 9.54. The average Bonchev–Trinajstić information content (AvgIpc) is 2.70. The number of carbonyl (C=O) groups excluding carboxylic acids is 1. The van der Waals surface area contributed by atoms with Crippen LogP contribution in [0.25, 0.3) is 0 Å². The number of amides is 2. The molecule has 2 amide bonds. The Hall–Kier alpha value is -1.60. The van der Waals surface area contributed by atoms with Crippen molar-refractivity contribution < 1.29 is 13.2 Å². The maximum atomic E-state index is 12.9. The van der Waals surface area contributed by atoms with Crippen LogP contribution >= 0.6 is 0 Å². The minimum atomic E-state index is -3.49. The number of sulfonamides is 1. The first kappa shape index (κ1) is 19.4. The predicted molar refractivity (Wildman–Crippen MR) is 111 cm³/mol. The molecule has 0 atom stereocenters. The van der Waals surface area contributed by atoms with E-state index >= 15 is 0 Å². The minimum Gasteiger partial charge on any atom is -0.335 e. The molecule has 0 spiro atoms. The molecule has 6 nitrogen and oxygen atoms in total. The summed E-state index contributed by atoms with van der Waals surface area (Å²) in [7, 11) is -3.49. The molecule has 1 N–H and O–H groups in total. The van der Waals surface area contributed by atoms with Crippen molar-refractivity contribution in [2.24, 2.45) is 23.7 Å². The molecule has 1 aliphatic heterocycles. The molecule has 1 aromatic carbocycles. The highest BCUT2D eigenvalue weighted by atomic mass is 32.2. The molecular formula is C22H31N3O3S. The lowest BCUT2D eigenvalue weighted by molar-refractivity contribution is -0.0113. The van der Waals surface area contributed by atoms with Gasteiger partial charge in [0.05, 0.1) is 4.90 Å². The van der Waals surface area contributed by atoms with E-state index in [-0.39, 0.29) is 6.03 Å². The molecule has 4 aliphatic carbocycles. The fourth-order valence-corrected chi connectivity index (χ4v) is 7.81. The summed E-state index contributed by atoms with van der Waals surface area (Å²) in [4.78, 5) is 15.0. The van der Waals surface area contributed by atoms with E-state index in [9.17, 15) is 13.2 Å². The van der Waals surface area contributed by atoms with Crippen LogP contribution in [-0.2, 0) is 10.0 Å². The molecule has 6 rings (SSSR count). The van der Waals surface area contributed by atoms with E-state index < -0.39 is 10.0 Å². The van der Waals surface area contributed by atoms with E-state index in [4.69, 9.17) is 0 Å². The zero-order chi connectivity index (χ0) is 20.2. The van der Waals surface area contributed by atoms with E-state index in [2.05, 4.69) is 5.32 Å². The van der Waals surface area contributed by atoms with Crippen molar-refractivity contribution in [3.63, 3.8) is 0 Å². The number of piperazine rings is 1. The molecule has 4 bridgehead atoms. The lowest BCUT2D eigenvalue weighted by Gasteiger charge is -2.54. The van der Waals surface area contributed by atoms with Gasteiger partial charge in [0.2, 0.25) is 10.0 Å². The molecule has 1 aromatic rings. The highest BCUT2D eigenvalue weighted by Gasteiger charge is 2.49. The fraction of sp³-hybridized carbons (Fsp3) is 0.682. The summed E-state index contributed by atoms with van der Waals surface area (Å²) in [6, 6.07) is 7.29. The Kier molecular flexibility index (Phi) is 4.86. The molecule has 29 heavy (non-hydrogen) atoms. The van der Waals surface area contributed by atoms with Gasteiger partial charge in [-0.15, -0.1) is 0 Å². The summed E-state index contributed by atoms with van der Waals surface area (Å²) in [5.74, 6) is 3.08. The maximum Gasteiger partial charge on any atom is 0.317 e. The van der Waals surface area contributed by atoms with Gasteiger partial charge in [0.15, 0.2) is 0 Å². The van der Waals surface area contributed by atoms with Gasteiger partial charge < -0.3 is 10.2 Å². The van der Waals surface area contributed by atoms with Gasteiger partial charge in [0.1, 0.15) is 0 Å². The molecule has 7 heteroatoms. The van der Waals surface area contributed by atoms with Gasteiger partial charge in [-0.05, 0) is 74.8 Å². The van der Waals surface area contributed by atoms with Crippen molar-refractivity contribution in [3.05, 3.63) is 29.8 Å². The zero-order valence-corrected chi connectivity index (χ0v) is 17.9. The van der Waals surface area contributed by atoms with Gasteiger partial charge in [-0.2, -0.15) is 4.31 Å². The van der Waals surface area contributed by atoms with Gasteiger partial charge >= 0.3 is 6.03 Å². The van der Waals surface area contributed by atoms with Gasteiger partial charge in [-0.1, -0.05) is 17.7 Å². The Morgan fingerprint density at radius 1 is 0.897 bits per heavy atom. The number of hydrogen-bond acceptors (Lipinski definition) is 3. The number of hydrogen-bond donors (Lipinski definition) is 1. The number of nitrogens with one attached hydrogen (secondary N) is 1. The monoisotopic (exact) mass is 417 g/mol. The number of carbonyl (C=O) groups is 1. The van der Waals surface area contributed by atoms with Crippen LogP contribution in [0.5, 0.6) is 0 Å². The molecule has 5 fully saturated rings. The Bertz CT molecular complexity index is 847. The van der Waals surface area contributed by atoms with Gasteiger partial charge in [-0.3, -0.25) is 0 Å². The smallest absolute Gasteiger partial charge is 0.317 e. The third-order valence-corrected chi connectivity index (χ3v) is 9.61. The van der Waals surface area contributed by atoms with Crippen LogP contribution in [0.4, 0.5) is 4.79 Å².